The number of phenols is 2. The minimum atomic E-state index is -0.707. The number of imide groups is 1. The maximum atomic E-state index is 12.2. The van der Waals surface area contributed by atoms with Crippen LogP contribution in [0.5, 0.6) is 11.5 Å². The maximum Gasteiger partial charge on any atom is 0.263 e. The fraction of sp³-hybridized carbons (Fsp3) is 0.333. The highest BCUT2D eigenvalue weighted by molar-refractivity contribution is 6.38. The molecule has 0 atom stereocenters. The number of carbonyl (C=O) groups excluding carboxylic acids is 2. The quantitative estimate of drug-likeness (QED) is 0.559. The molecule has 0 saturated heterocycles. The van der Waals surface area contributed by atoms with Crippen LogP contribution in [0.3, 0.4) is 0 Å². The van der Waals surface area contributed by atoms with Crippen molar-refractivity contribution in [2.24, 2.45) is 0 Å². The van der Waals surface area contributed by atoms with E-state index in [2.05, 4.69) is 0 Å². The second-order valence-electron chi connectivity index (χ2n) is 5.10. The molecule has 5 nitrogen and oxygen atoms in total. The lowest BCUT2D eigenvalue weighted by Crippen LogP contribution is -2.45. The first-order valence-electron chi connectivity index (χ1n) is 5.29. The van der Waals surface area contributed by atoms with E-state index in [0.717, 1.165) is 11.0 Å². The lowest BCUT2D eigenvalue weighted by atomic mass is 10.1. The Balaban J connectivity index is 2.71. The van der Waals surface area contributed by atoms with Gasteiger partial charge >= 0.3 is 0 Å². The van der Waals surface area contributed by atoms with E-state index in [1.807, 2.05) is 0 Å². The zero-order valence-electron chi connectivity index (χ0n) is 10.1. The summed E-state index contributed by atoms with van der Waals surface area (Å²) in [7, 11) is 0. The van der Waals surface area contributed by atoms with Crippen LogP contribution in [-0.2, 0) is 0 Å². The average molecular weight is 270 g/mol. The molecule has 2 rings (SSSR count). The van der Waals surface area contributed by atoms with Crippen molar-refractivity contribution in [1.82, 2.24) is 4.90 Å². The third-order valence-corrected chi connectivity index (χ3v) is 3.11. The molecule has 0 saturated carbocycles. The van der Waals surface area contributed by atoms with Gasteiger partial charge in [0.05, 0.1) is 16.1 Å². The van der Waals surface area contributed by atoms with E-state index in [4.69, 9.17) is 11.6 Å². The summed E-state index contributed by atoms with van der Waals surface area (Å²) in [6.07, 6.45) is 0. The molecule has 0 aliphatic carbocycles. The predicted octanol–water partition coefficient (Wildman–Crippen LogP) is 2.15. The molecule has 0 unspecified atom stereocenters. The molecule has 0 spiro atoms. The summed E-state index contributed by atoms with van der Waals surface area (Å²) < 4.78 is 0. The Morgan fingerprint density at radius 2 is 1.72 bits per heavy atom. The van der Waals surface area contributed by atoms with Gasteiger partial charge in [0.15, 0.2) is 11.5 Å². The number of hydrogen-bond donors (Lipinski definition) is 2. The normalized spacial score (nSPS) is 15.2. The maximum absolute atomic E-state index is 12.2. The second kappa shape index (κ2) is 3.62. The number of rotatable bonds is 0. The first-order valence-corrected chi connectivity index (χ1v) is 5.67. The van der Waals surface area contributed by atoms with Crippen LogP contribution in [0.15, 0.2) is 6.07 Å². The molecule has 1 aliphatic rings. The van der Waals surface area contributed by atoms with Crippen molar-refractivity contribution in [3.8, 4) is 11.5 Å². The molecule has 0 aromatic heterocycles. The molecule has 18 heavy (non-hydrogen) atoms. The van der Waals surface area contributed by atoms with Gasteiger partial charge in [-0.1, -0.05) is 11.6 Å². The number of aromatic hydroxyl groups is 2. The van der Waals surface area contributed by atoms with Gasteiger partial charge in [0.25, 0.3) is 11.8 Å². The average Bonchev–Trinajstić information content (AvgIpc) is 2.47. The number of carbonyl (C=O) groups is 2. The van der Waals surface area contributed by atoms with Crippen molar-refractivity contribution in [1.29, 1.82) is 0 Å². The summed E-state index contributed by atoms with van der Waals surface area (Å²) >= 11 is 5.81. The second-order valence-corrected chi connectivity index (χ2v) is 5.48. The summed E-state index contributed by atoms with van der Waals surface area (Å²) in [6.45, 7) is 5.13. The Morgan fingerprint density at radius 1 is 1.17 bits per heavy atom. The smallest absolute Gasteiger partial charge is 0.263 e. The SMILES string of the molecule is CC(C)(C)N1C(=O)c2cc(O)c(O)c(Cl)c2C1=O. The lowest BCUT2D eigenvalue weighted by Gasteiger charge is -2.29. The minimum Gasteiger partial charge on any atom is -0.504 e. The van der Waals surface area contributed by atoms with Gasteiger partial charge in [0.2, 0.25) is 0 Å². The third-order valence-electron chi connectivity index (χ3n) is 2.74. The van der Waals surface area contributed by atoms with Crippen LogP contribution in [0, 0.1) is 0 Å². The molecule has 1 heterocycles. The molecule has 0 fully saturated rings. The van der Waals surface area contributed by atoms with Gasteiger partial charge in [0.1, 0.15) is 0 Å². The van der Waals surface area contributed by atoms with E-state index in [1.54, 1.807) is 20.8 Å². The first kappa shape index (κ1) is 12.7. The molecule has 2 amide bonds. The van der Waals surface area contributed by atoms with Crippen molar-refractivity contribution in [3.63, 3.8) is 0 Å². The summed E-state index contributed by atoms with van der Waals surface area (Å²) in [5, 5.41) is 18.6. The van der Waals surface area contributed by atoms with Crippen LogP contribution in [0.4, 0.5) is 0 Å². The van der Waals surface area contributed by atoms with Crippen LogP contribution >= 0.6 is 11.6 Å². The molecule has 1 aliphatic heterocycles. The molecule has 6 heteroatoms. The van der Waals surface area contributed by atoms with Crippen LogP contribution < -0.4 is 0 Å². The topological polar surface area (TPSA) is 77.8 Å². The summed E-state index contributed by atoms with van der Waals surface area (Å²) in [6, 6.07) is 1.06. The highest BCUT2D eigenvalue weighted by Crippen LogP contribution is 2.42. The molecular formula is C12H12ClNO4. The Kier molecular flexibility index (Phi) is 2.55. The summed E-state index contributed by atoms with van der Waals surface area (Å²) in [5.74, 6) is -2.20. The summed E-state index contributed by atoms with van der Waals surface area (Å²) in [4.78, 5) is 25.3. The number of hydrogen-bond acceptors (Lipinski definition) is 4. The zero-order valence-corrected chi connectivity index (χ0v) is 10.9. The van der Waals surface area contributed by atoms with Crippen molar-refractivity contribution in [2.45, 2.75) is 26.3 Å². The number of amides is 2. The van der Waals surface area contributed by atoms with Gasteiger partial charge in [-0.05, 0) is 26.8 Å². The van der Waals surface area contributed by atoms with Gasteiger partial charge in [-0.3, -0.25) is 14.5 Å². The largest absolute Gasteiger partial charge is 0.504 e. The lowest BCUT2D eigenvalue weighted by molar-refractivity contribution is 0.0507. The van der Waals surface area contributed by atoms with Gasteiger partial charge < -0.3 is 10.2 Å². The fourth-order valence-electron chi connectivity index (χ4n) is 1.94. The van der Waals surface area contributed by atoms with E-state index in [9.17, 15) is 19.8 Å². The van der Waals surface area contributed by atoms with E-state index >= 15 is 0 Å². The number of halogens is 1. The third kappa shape index (κ3) is 1.54. The van der Waals surface area contributed by atoms with Crippen molar-refractivity contribution in [3.05, 3.63) is 22.2 Å². The fourth-order valence-corrected chi connectivity index (χ4v) is 2.22. The van der Waals surface area contributed by atoms with Crippen LogP contribution in [-0.4, -0.2) is 32.5 Å². The van der Waals surface area contributed by atoms with Gasteiger partial charge in [-0.25, -0.2) is 0 Å². The Morgan fingerprint density at radius 3 is 2.22 bits per heavy atom. The first-order chi connectivity index (χ1) is 8.16. The molecule has 96 valence electrons. The number of phenolic OH excluding ortho intramolecular Hbond substituents is 2. The number of fused-ring (bicyclic) bond motifs is 1. The van der Waals surface area contributed by atoms with Crippen molar-refractivity contribution < 1.29 is 19.8 Å². The van der Waals surface area contributed by atoms with E-state index in [0.29, 0.717) is 0 Å². The number of nitrogens with zero attached hydrogens (tertiary/aromatic N) is 1. The van der Waals surface area contributed by atoms with E-state index < -0.39 is 28.9 Å². The highest BCUT2D eigenvalue weighted by atomic mass is 35.5. The van der Waals surface area contributed by atoms with E-state index in [-0.39, 0.29) is 16.1 Å². The van der Waals surface area contributed by atoms with Gasteiger partial charge in [-0.15, -0.1) is 0 Å². The Bertz CT molecular complexity index is 574. The summed E-state index contributed by atoms with van der Waals surface area (Å²) in [5.41, 5.74) is -0.760. The molecule has 1 aromatic rings. The predicted molar refractivity (Wildman–Crippen MR) is 65.0 cm³/mol. The standard InChI is InChI=1S/C12H12ClNO4/c1-12(2,3)14-10(17)5-4-6(15)9(16)8(13)7(5)11(14)18/h4,15-16H,1-3H3. The molecular weight excluding hydrogens is 258 g/mol. The highest BCUT2D eigenvalue weighted by Gasteiger charge is 2.44. The molecule has 0 radical (unpaired) electrons. The monoisotopic (exact) mass is 269 g/mol. The van der Waals surface area contributed by atoms with Crippen molar-refractivity contribution in [2.75, 3.05) is 0 Å². The Labute approximate surface area is 109 Å². The van der Waals surface area contributed by atoms with Gasteiger partial charge in [-0.2, -0.15) is 0 Å². The molecule has 0 bridgehead atoms. The zero-order chi connectivity index (χ0) is 13.8. The van der Waals surface area contributed by atoms with Crippen molar-refractivity contribution >= 4 is 23.4 Å². The van der Waals surface area contributed by atoms with Crippen LogP contribution in [0.1, 0.15) is 41.5 Å². The van der Waals surface area contributed by atoms with Gasteiger partial charge in [0, 0.05) is 5.54 Å². The molecule has 2 N–H and O–H groups in total. The minimum absolute atomic E-state index is 0.00947. The van der Waals surface area contributed by atoms with Crippen LogP contribution in [0.2, 0.25) is 5.02 Å². The Hall–Kier alpha value is -1.75. The van der Waals surface area contributed by atoms with Crippen LogP contribution in [0.25, 0.3) is 0 Å². The number of benzene rings is 1. The van der Waals surface area contributed by atoms with E-state index in [1.165, 1.54) is 0 Å². The molecule has 1 aromatic carbocycles.